The van der Waals surface area contributed by atoms with Crippen LogP contribution in [0.2, 0.25) is 0 Å². The minimum absolute atomic E-state index is 0.115. The number of nitrogens with zero attached hydrogens (tertiary/aromatic N) is 1. The summed E-state index contributed by atoms with van der Waals surface area (Å²) in [6.07, 6.45) is 7.81. The van der Waals surface area contributed by atoms with Crippen molar-refractivity contribution < 1.29 is 14.4 Å². The number of fused-ring (bicyclic) bond motifs is 6. The summed E-state index contributed by atoms with van der Waals surface area (Å²) in [4.78, 5) is 40.2. The Hall–Kier alpha value is -2.17. The predicted octanol–water partition coefficient (Wildman–Crippen LogP) is 3.16. The van der Waals surface area contributed by atoms with Gasteiger partial charge in [0.05, 0.1) is 17.9 Å². The summed E-state index contributed by atoms with van der Waals surface area (Å²) in [5, 5.41) is 3.04. The largest absolute Gasteiger partial charge is 0.348 e. The van der Waals surface area contributed by atoms with Gasteiger partial charge in [-0.15, -0.1) is 0 Å². The SMILES string of the molecule is C[C@H](NC(=O)[C@H](C)N1C(=O)[C@H]2[C@H]3CC[C@@H](C3)[C@@H]2C1=O)c1ccc2c(c1)CCCC2. The number of likely N-dealkylation sites (tertiary alicyclic amines) is 1. The van der Waals surface area contributed by atoms with E-state index >= 15 is 0 Å². The Morgan fingerprint density at radius 3 is 2.28 bits per heavy atom. The molecule has 1 aliphatic heterocycles. The molecule has 1 aromatic carbocycles. The van der Waals surface area contributed by atoms with Gasteiger partial charge in [-0.05, 0) is 87.3 Å². The molecule has 5 rings (SSSR count). The number of carbonyl (C=O) groups is 3. The lowest BCUT2D eigenvalue weighted by molar-refractivity contribution is -0.148. The second kappa shape index (κ2) is 6.96. The van der Waals surface area contributed by atoms with Gasteiger partial charge < -0.3 is 5.32 Å². The highest BCUT2D eigenvalue weighted by molar-refractivity contribution is 6.09. The minimum Gasteiger partial charge on any atom is -0.348 e. The van der Waals surface area contributed by atoms with E-state index in [1.54, 1.807) is 6.92 Å². The van der Waals surface area contributed by atoms with Crippen LogP contribution in [0.3, 0.4) is 0 Å². The van der Waals surface area contributed by atoms with E-state index < -0.39 is 6.04 Å². The van der Waals surface area contributed by atoms with E-state index in [4.69, 9.17) is 0 Å². The van der Waals surface area contributed by atoms with E-state index in [-0.39, 0.29) is 35.6 Å². The molecule has 29 heavy (non-hydrogen) atoms. The van der Waals surface area contributed by atoms with Gasteiger partial charge in [0.2, 0.25) is 17.7 Å². The third-order valence-corrected chi connectivity index (χ3v) is 7.96. The zero-order valence-corrected chi connectivity index (χ0v) is 17.3. The van der Waals surface area contributed by atoms with E-state index in [0.717, 1.165) is 37.7 Å². The highest BCUT2D eigenvalue weighted by Gasteiger charge is 2.62. The highest BCUT2D eigenvalue weighted by atomic mass is 16.2. The molecule has 2 saturated carbocycles. The molecule has 5 nitrogen and oxygen atoms in total. The van der Waals surface area contributed by atoms with Crippen LogP contribution in [-0.4, -0.2) is 28.7 Å². The molecule has 3 amide bonds. The lowest BCUT2D eigenvalue weighted by Gasteiger charge is -2.26. The Balaban J connectivity index is 1.28. The molecule has 4 aliphatic rings. The normalized spacial score (nSPS) is 32.1. The van der Waals surface area contributed by atoms with Crippen molar-refractivity contribution in [2.45, 2.75) is 70.9 Å². The molecule has 0 unspecified atom stereocenters. The summed E-state index contributed by atoms with van der Waals surface area (Å²) in [6, 6.07) is 5.58. The van der Waals surface area contributed by atoms with E-state index in [0.29, 0.717) is 11.8 Å². The summed E-state index contributed by atoms with van der Waals surface area (Å²) in [5.74, 6) is -0.131. The lowest BCUT2D eigenvalue weighted by Crippen LogP contribution is -2.49. The van der Waals surface area contributed by atoms with Gasteiger partial charge in [-0.25, -0.2) is 0 Å². The van der Waals surface area contributed by atoms with E-state index in [9.17, 15) is 14.4 Å². The van der Waals surface area contributed by atoms with Crippen LogP contribution in [0.5, 0.6) is 0 Å². The summed E-state index contributed by atoms with van der Waals surface area (Å²) in [7, 11) is 0. The fourth-order valence-corrected chi connectivity index (χ4v) is 6.37. The summed E-state index contributed by atoms with van der Waals surface area (Å²) < 4.78 is 0. The molecular weight excluding hydrogens is 364 g/mol. The van der Waals surface area contributed by atoms with Gasteiger partial charge in [0.1, 0.15) is 6.04 Å². The van der Waals surface area contributed by atoms with Crippen LogP contribution >= 0.6 is 0 Å². The van der Waals surface area contributed by atoms with Gasteiger partial charge >= 0.3 is 0 Å². The number of hydrogen-bond acceptors (Lipinski definition) is 3. The zero-order valence-electron chi connectivity index (χ0n) is 17.3. The number of imide groups is 1. The molecule has 1 N–H and O–H groups in total. The Morgan fingerprint density at radius 2 is 1.62 bits per heavy atom. The third-order valence-electron chi connectivity index (χ3n) is 7.96. The molecule has 0 aromatic heterocycles. The topological polar surface area (TPSA) is 66.5 Å². The molecule has 0 radical (unpaired) electrons. The number of carbonyl (C=O) groups excluding carboxylic acids is 3. The first-order valence-electron chi connectivity index (χ1n) is 11.2. The lowest BCUT2D eigenvalue weighted by atomic mass is 9.81. The monoisotopic (exact) mass is 394 g/mol. The molecule has 154 valence electrons. The van der Waals surface area contributed by atoms with Gasteiger partial charge in [0, 0.05) is 0 Å². The molecule has 5 heteroatoms. The number of benzene rings is 1. The van der Waals surface area contributed by atoms with Crippen molar-refractivity contribution in [3.8, 4) is 0 Å². The van der Waals surface area contributed by atoms with Gasteiger partial charge in [-0.3, -0.25) is 19.3 Å². The first kappa shape index (κ1) is 18.8. The van der Waals surface area contributed by atoms with Crippen LogP contribution in [-0.2, 0) is 27.2 Å². The number of amides is 3. The number of hydrogen-bond donors (Lipinski definition) is 1. The minimum atomic E-state index is -0.750. The van der Waals surface area contributed by atoms with Gasteiger partial charge in [0.25, 0.3) is 0 Å². The molecule has 1 saturated heterocycles. The van der Waals surface area contributed by atoms with E-state index in [2.05, 4.69) is 23.5 Å². The summed E-state index contributed by atoms with van der Waals surface area (Å²) >= 11 is 0. The quantitative estimate of drug-likeness (QED) is 0.798. The first-order chi connectivity index (χ1) is 14.0. The molecule has 2 bridgehead atoms. The standard InChI is InChI=1S/C24H30N2O3/c1-13(16-8-7-15-5-3-4-6-17(15)11-16)25-22(27)14(2)26-23(28)20-18-9-10-19(12-18)21(20)24(26)29/h7-8,11,13-14,18-21H,3-6,9-10,12H2,1-2H3,(H,25,27)/t13-,14-,18-,19-,20-,21-/m0/s1. The molecule has 6 atom stereocenters. The average molecular weight is 395 g/mol. The Labute approximate surface area is 172 Å². The fraction of sp³-hybridized carbons (Fsp3) is 0.625. The maximum atomic E-state index is 13.0. The van der Waals surface area contributed by atoms with Crippen LogP contribution in [0.25, 0.3) is 0 Å². The second-order valence-electron chi connectivity index (χ2n) is 9.57. The van der Waals surface area contributed by atoms with Gasteiger partial charge in [-0.2, -0.15) is 0 Å². The number of aryl methyl sites for hydroxylation is 2. The number of nitrogens with one attached hydrogen (secondary N) is 1. The maximum absolute atomic E-state index is 13.0. The molecule has 3 fully saturated rings. The molecule has 0 spiro atoms. The molecule has 1 heterocycles. The molecule has 3 aliphatic carbocycles. The predicted molar refractivity (Wildman–Crippen MR) is 109 cm³/mol. The first-order valence-corrected chi connectivity index (χ1v) is 11.2. The fourth-order valence-electron chi connectivity index (χ4n) is 6.37. The van der Waals surface area contributed by atoms with Crippen molar-refractivity contribution in [3.63, 3.8) is 0 Å². The Kier molecular flexibility index (Phi) is 4.52. The second-order valence-corrected chi connectivity index (χ2v) is 9.57. The third kappa shape index (κ3) is 2.92. The van der Waals surface area contributed by atoms with Crippen LogP contribution in [0.4, 0.5) is 0 Å². The smallest absolute Gasteiger partial charge is 0.243 e. The zero-order chi connectivity index (χ0) is 20.3. The van der Waals surface area contributed by atoms with E-state index in [1.807, 2.05) is 6.92 Å². The van der Waals surface area contributed by atoms with Crippen molar-refractivity contribution in [2.75, 3.05) is 0 Å². The van der Waals surface area contributed by atoms with Crippen molar-refractivity contribution in [2.24, 2.45) is 23.7 Å². The van der Waals surface area contributed by atoms with Crippen molar-refractivity contribution in [3.05, 3.63) is 34.9 Å². The van der Waals surface area contributed by atoms with Crippen molar-refractivity contribution in [1.29, 1.82) is 0 Å². The van der Waals surface area contributed by atoms with Gasteiger partial charge in [0.15, 0.2) is 0 Å². The maximum Gasteiger partial charge on any atom is 0.243 e. The van der Waals surface area contributed by atoms with Crippen LogP contribution in [0.15, 0.2) is 18.2 Å². The van der Waals surface area contributed by atoms with Crippen molar-refractivity contribution in [1.82, 2.24) is 10.2 Å². The Morgan fingerprint density at radius 1 is 1.00 bits per heavy atom. The Bertz CT molecular complexity index is 851. The summed E-state index contributed by atoms with van der Waals surface area (Å²) in [5.41, 5.74) is 3.89. The molecule has 1 aromatic rings. The molecular formula is C24H30N2O3. The number of rotatable bonds is 4. The van der Waals surface area contributed by atoms with Crippen molar-refractivity contribution >= 4 is 17.7 Å². The summed E-state index contributed by atoms with van der Waals surface area (Å²) in [6.45, 7) is 3.66. The average Bonchev–Trinajstić information content (AvgIpc) is 3.41. The van der Waals surface area contributed by atoms with Crippen LogP contribution < -0.4 is 5.32 Å². The van der Waals surface area contributed by atoms with Crippen LogP contribution in [0, 0.1) is 23.7 Å². The van der Waals surface area contributed by atoms with Gasteiger partial charge in [-0.1, -0.05) is 18.2 Å². The van der Waals surface area contributed by atoms with Crippen LogP contribution in [0.1, 0.15) is 68.7 Å². The van der Waals surface area contributed by atoms with E-state index in [1.165, 1.54) is 28.9 Å². The highest BCUT2D eigenvalue weighted by Crippen LogP contribution is 2.56.